The second-order valence-electron chi connectivity index (χ2n) is 3.91. The van der Waals surface area contributed by atoms with Crippen molar-refractivity contribution in [2.24, 2.45) is 0 Å². The third kappa shape index (κ3) is 2.17. The highest BCUT2D eigenvalue weighted by molar-refractivity contribution is 5.88. The molecule has 2 rings (SSSR count). The van der Waals surface area contributed by atoms with Crippen LogP contribution in [0, 0.1) is 6.92 Å². The summed E-state index contributed by atoms with van der Waals surface area (Å²) >= 11 is 0. The summed E-state index contributed by atoms with van der Waals surface area (Å²) in [4.78, 5) is 13.0. The van der Waals surface area contributed by atoms with Gasteiger partial charge in [-0.2, -0.15) is 0 Å². The monoisotopic (exact) mass is 221 g/mol. The van der Waals surface area contributed by atoms with E-state index in [1.54, 1.807) is 12.1 Å². The average molecular weight is 221 g/mol. The molecule has 1 aliphatic heterocycles. The fraction of sp³-hybridized carbons (Fsp3) is 0.417. The number of benzene rings is 1. The van der Waals surface area contributed by atoms with Crippen LogP contribution in [0.5, 0.6) is 0 Å². The summed E-state index contributed by atoms with van der Waals surface area (Å²) in [7, 11) is 0. The molecule has 1 aromatic carbocycles. The molecule has 4 nitrogen and oxygen atoms in total. The molecule has 0 radical (unpaired) electrons. The lowest BCUT2D eigenvalue weighted by molar-refractivity contribution is 0.0696. The Labute approximate surface area is 94.4 Å². The first-order valence-corrected chi connectivity index (χ1v) is 5.35. The zero-order chi connectivity index (χ0) is 11.5. The molecule has 0 unspecified atom stereocenters. The van der Waals surface area contributed by atoms with Gasteiger partial charge in [0.25, 0.3) is 0 Å². The molecule has 1 aliphatic rings. The topological polar surface area (TPSA) is 49.8 Å². The van der Waals surface area contributed by atoms with E-state index in [-0.39, 0.29) is 0 Å². The molecule has 0 saturated carbocycles. The molecule has 0 aromatic heterocycles. The minimum Gasteiger partial charge on any atom is -0.478 e. The van der Waals surface area contributed by atoms with E-state index in [0.29, 0.717) is 5.56 Å². The van der Waals surface area contributed by atoms with Gasteiger partial charge < -0.3 is 14.7 Å². The van der Waals surface area contributed by atoms with Crippen LogP contribution in [0.1, 0.15) is 15.9 Å². The van der Waals surface area contributed by atoms with Crippen molar-refractivity contribution in [1.29, 1.82) is 0 Å². The minimum atomic E-state index is -0.878. The van der Waals surface area contributed by atoms with Crippen LogP contribution in [0.15, 0.2) is 18.2 Å². The second kappa shape index (κ2) is 4.53. The van der Waals surface area contributed by atoms with Crippen LogP contribution < -0.4 is 4.90 Å². The second-order valence-corrected chi connectivity index (χ2v) is 3.91. The quantitative estimate of drug-likeness (QED) is 0.822. The van der Waals surface area contributed by atoms with E-state index in [1.165, 1.54) is 0 Å². The number of morpholine rings is 1. The first-order chi connectivity index (χ1) is 7.68. The summed E-state index contributed by atoms with van der Waals surface area (Å²) in [6.45, 7) is 5.15. The fourth-order valence-electron chi connectivity index (χ4n) is 1.95. The minimum absolute atomic E-state index is 0.342. The molecule has 1 fully saturated rings. The van der Waals surface area contributed by atoms with Crippen molar-refractivity contribution in [3.05, 3.63) is 29.3 Å². The normalized spacial score (nSPS) is 16.2. The largest absolute Gasteiger partial charge is 0.478 e. The van der Waals surface area contributed by atoms with Gasteiger partial charge in [-0.25, -0.2) is 4.79 Å². The summed E-state index contributed by atoms with van der Waals surface area (Å²) in [6, 6.07) is 5.25. The Bertz CT molecular complexity index is 397. The van der Waals surface area contributed by atoms with Crippen LogP contribution in [0.25, 0.3) is 0 Å². The Morgan fingerprint density at radius 2 is 2.06 bits per heavy atom. The van der Waals surface area contributed by atoms with Gasteiger partial charge in [-0.1, -0.05) is 0 Å². The summed E-state index contributed by atoms with van der Waals surface area (Å²) in [5.41, 5.74) is 2.45. The molecule has 0 aliphatic carbocycles. The van der Waals surface area contributed by atoms with E-state index in [1.807, 2.05) is 13.0 Å². The molecule has 86 valence electrons. The summed E-state index contributed by atoms with van der Waals surface area (Å²) in [5, 5.41) is 8.88. The van der Waals surface area contributed by atoms with Crippen LogP contribution in [-0.4, -0.2) is 37.4 Å². The van der Waals surface area contributed by atoms with Crippen molar-refractivity contribution < 1.29 is 14.6 Å². The number of hydrogen-bond donors (Lipinski definition) is 1. The zero-order valence-corrected chi connectivity index (χ0v) is 9.27. The first-order valence-electron chi connectivity index (χ1n) is 5.35. The van der Waals surface area contributed by atoms with E-state index in [0.717, 1.165) is 37.6 Å². The fourth-order valence-corrected chi connectivity index (χ4v) is 1.95. The number of nitrogens with zero attached hydrogens (tertiary/aromatic N) is 1. The smallest absolute Gasteiger partial charge is 0.335 e. The van der Waals surface area contributed by atoms with Crippen molar-refractivity contribution >= 4 is 11.7 Å². The summed E-state index contributed by atoms with van der Waals surface area (Å²) in [5.74, 6) is -0.878. The van der Waals surface area contributed by atoms with Gasteiger partial charge in [0.05, 0.1) is 18.8 Å². The molecule has 0 spiro atoms. The van der Waals surface area contributed by atoms with Crippen molar-refractivity contribution in [2.75, 3.05) is 31.2 Å². The number of carboxylic acids is 1. The highest BCUT2D eigenvalue weighted by atomic mass is 16.5. The van der Waals surface area contributed by atoms with Crippen LogP contribution in [0.2, 0.25) is 0 Å². The first kappa shape index (κ1) is 11.0. The van der Waals surface area contributed by atoms with E-state index >= 15 is 0 Å². The van der Waals surface area contributed by atoms with Gasteiger partial charge in [-0.15, -0.1) is 0 Å². The van der Waals surface area contributed by atoms with E-state index in [9.17, 15) is 4.79 Å². The highest BCUT2D eigenvalue weighted by Crippen LogP contribution is 2.22. The predicted molar refractivity (Wildman–Crippen MR) is 61.2 cm³/mol. The third-order valence-electron chi connectivity index (χ3n) is 2.80. The Morgan fingerprint density at radius 1 is 1.38 bits per heavy atom. The van der Waals surface area contributed by atoms with Gasteiger partial charge in [0.15, 0.2) is 0 Å². The van der Waals surface area contributed by atoms with E-state index in [2.05, 4.69) is 4.90 Å². The summed E-state index contributed by atoms with van der Waals surface area (Å²) in [6.07, 6.45) is 0. The van der Waals surface area contributed by atoms with Crippen LogP contribution in [-0.2, 0) is 4.74 Å². The van der Waals surface area contributed by atoms with Crippen molar-refractivity contribution in [3.63, 3.8) is 0 Å². The predicted octanol–water partition coefficient (Wildman–Crippen LogP) is 1.53. The Kier molecular flexibility index (Phi) is 3.10. The lowest BCUT2D eigenvalue weighted by Gasteiger charge is -2.30. The lowest BCUT2D eigenvalue weighted by Crippen LogP contribution is -2.36. The molecule has 1 saturated heterocycles. The molecule has 1 heterocycles. The molecule has 0 bridgehead atoms. The molecule has 16 heavy (non-hydrogen) atoms. The van der Waals surface area contributed by atoms with Crippen molar-refractivity contribution in [3.8, 4) is 0 Å². The lowest BCUT2D eigenvalue weighted by atomic mass is 10.1. The van der Waals surface area contributed by atoms with Gasteiger partial charge in [0.2, 0.25) is 0 Å². The molecule has 0 amide bonds. The van der Waals surface area contributed by atoms with Crippen molar-refractivity contribution in [1.82, 2.24) is 0 Å². The molecular formula is C12H15NO3. The Balaban J connectivity index is 2.24. The number of aryl methyl sites for hydroxylation is 1. The summed E-state index contributed by atoms with van der Waals surface area (Å²) < 4.78 is 5.29. The third-order valence-corrected chi connectivity index (χ3v) is 2.80. The van der Waals surface area contributed by atoms with E-state index < -0.39 is 5.97 Å². The number of ether oxygens (including phenoxy) is 1. The van der Waals surface area contributed by atoms with Gasteiger partial charge in [-0.05, 0) is 30.7 Å². The van der Waals surface area contributed by atoms with Crippen LogP contribution >= 0.6 is 0 Å². The molecule has 1 aromatic rings. The maximum absolute atomic E-state index is 10.8. The SMILES string of the molecule is Cc1cc(C(=O)O)ccc1N1CCOCC1. The van der Waals surface area contributed by atoms with E-state index in [4.69, 9.17) is 9.84 Å². The average Bonchev–Trinajstić information content (AvgIpc) is 2.30. The molecule has 0 atom stereocenters. The standard InChI is InChI=1S/C12H15NO3/c1-9-8-10(12(14)15)2-3-11(9)13-4-6-16-7-5-13/h2-3,8H,4-7H2,1H3,(H,14,15). The zero-order valence-electron chi connectivity index (χ0n) is 9.27. The molecular weight excluding hydrogens is 206 g/mol. The van der Waals surface area contributed by atoms with Gasteiger partial charge in [-0.3, -0.25) is 0 Å². The Morgan fingerprint density at radius 3 is 2.62 bits per heavy atom. The van der Waals surface area contributed by atoms with Gasteiger partial charge >= 0.3 is 5.97 Å². The number of carboxylic acid groups (broad SMARTS) is 1. The number of aromatic carboxylic acids is 1. The molecule has 1 N–H and O–H groups in total. The number of carbonyl (C=O) groups is 1. The number of rotatable bonds is 2. The number of anilines is 1. The van der Waals surface area contributed by atoms with Crippen LogP contribution in [0.4, 0.5) is 5.69 Å². The Hall–Kier alpha value is -1.55. The maximum atomic E-state index is 10.8. The van der Waals surface area contributed by atoms with Gasteiger partial charge in [0.1, 0.15) is 0 Å². The number of hydrogen-bond acceptors (Lipinski definition) is 3. The van der Waals surface area contributed by atoms with Crippen molar-refractivity contribution in [2.45, 2.75) is 6.92 Å². The molecule has 4 heteroatoms. The van der Waals surface area contributed by atoms with Crippen LogP contribution in [0.3, 0.4) is 0 Å². The maximum Gasteiger partial charge on any atom is 0.335 e. The van der Waals surface area contributed by atoms with Gasteiger partial charge in [0, 0.05) is 18.8 Å². The highest BCUT2D eigenvalue weighted by Gasteiger charge is 2.14.